The number of halogens is 1. The number of nitrogens with zero attached hydrogens (tertiary/aromatic N) is 1. The van der Waals surface area contributed by atoms with E-state index in [9.17, 15) is 4.39 Å². The number of rotatable bonds is 0. The summed E-state index contributed by atoms with van der Waals surface area (Å²) in [6.07, 6.45) is 5.88. The lowest BCUT2D eigenvalue weighted by Crippen LogP contribution is -2.15. The van der Waals surface area contributed by atoms with Gasteiger partial charge in [0.05, 0.1) is 6.07 Å². The molecule has 1 nitrogen and oxygen atoms in total. The van der Waals surface area contributed by atoms with Crippen LogP contribution in [0.2, 0.25) is 0 Å². The minimum absolute atomic E-state index is 0.263. The predicted octanol–water partition coefficient (Wildman–Crippen LogP) is 1.80. The molecule has 1 aliphatic carbocycles. The zero-order valence-electron chi connectivity index (χ0n) is 8.70. The van der Waals surface area contributed by atoms with Gasteiger partial charge in [-0.05, 0) is 29.4 Å². The zero-order valence-corrected chi connectivity index (χ0v) is 8.70. The van der Waals surface area contributed by atoms with E-state index in [0.29, 0.717) is 22.4 Å². The lowest BCUT2D eigenvalue weighted by molar-refractivity contribution is 0.617. The van der Waals surface area contributed by atoms with Gasteiger partial charge in [-0.2, -0.15) is 5.26 Å². The maximum absolute atomic E-state index is 13.6. The van der Waals surface area contributed by atoms with Crippen LogP contribution < -0.4 is 10.4 Å². The Morgan fingerprint density at radius 1 is 1.31 bits per heavy atom. The molecule has 16 heavy (non-hydrogen) atoms. The average molecular weight is 211 g/mol. The summed E-state index contributed by atoms with van der Waals surface area (Å²) in [5, 5.41) is 9.92. The summed E-state index contributed by atoms with van der Waals surface area (Å²) < 4.78 is 13.6. The van der Waals surface area contributed by atoms with Gasteiger partial charge in [0, 0.05) is 10.8 Å². The van der Waals surface area contributed by atoms with E-state index in [1.807, 2.05) is 0 Å². The molecule has 0 bridgehead atoms. The highest BCUT2D eigenvalue weighted by Crippen LogP contribution is 2.14. The van der Waals surface area contributed by atoms with Crippen LogP contribution in [0, 0.1) is 17.1 Å². The van der Waals surface area contributed by atoms with Gasteiger partial charge in [-0.3, -0.25) is 0 Å². The molecular weight excluding hydrogens is 201 g/mol. The van der Waals surface area contributed by atoms with Crippen LogP contribution in [-0.4, -0.2) is 0 Å². The lowest BCUT2D eigenvalue weighted by Gasteiger charge is -2.04. The summed E-state index contributed by atoms with van der Waals surface area (Å²) in [6.45, 7) is 3.67. The van der Waals surface area contributed by atoms with E-state index in [-0.39, 0.29) is 5.82 Å². The van der Waals surface area contributed by atoms with Gasteiger partial charge in [-0.25, -0.2) is 4.39 Å². The Bertz CT molecular complexity index is 630. The highest BCUT2D eigenvalue weighted by atomic mass is 19.1. The second kappa shape index (κ2) is 4.16. The van der Waals surface area contributed by atoms with Gasteiger partial charge in [0.1, 0.15) is 5.82 Å². The van der Waals surface area contributed by atoms with Gasteiger partial charge in [-0.1, -0.05) is 30.9 Å². The molecule has 0 radical (unpaired) electrons. The van der Waals surface area contributed by atoms with Crippen LogP contribution in [0.1, 0.15) is 6.42 Å². The Labute approximate surface area is 93.1 Å². The SMILES string of the molecule is C=c1cc/c(=C2/C=CC(C#N)=CC2)c(F)c1. The second-order valence-corrected chi connectivity index (χ2v) is 3.65. The summed E-state index contributed by atoms with van der Waals surface area (Å²) in [7, 11) is 0. The van der Waals surface area contributed by atoms with Crippen molar-refractivity contribution in [1.82, 2.24) is 0 Å². The fourth-order valence-corrected chi connectivity index (χ4v) is 1.65. The van der Waals surface area contributed by atoms with Crippen molar-refractivity contribution in [2.24, 2.45) is 0 Å². The van der Waals surface area contributed by atoms with Crippen molar-refractivity contribution in [3.8, 4) is 6.07 Å². The number of benzene rings is 1. The van der Waals surface area contributed by atoms with Crippen LogP contribution in [0.25, 0.3) is 12.2 Å². The minimum Gasteiger partial charge on any atom is -0.206 e. The molecule has 1 aromatic rings. The summed E-state index contributed by atoms with van der Waals surface area (Å²) in [5.74, 6) is -0.263. The molecule has 2 heteroatoms. The first-order chi connectivity index (χ1) is 7.70. The molecule has 0 saturated carbocycles. The van der Waals surface area contributed by atoms with E-state index < -0.39 is 0 Å². The lowest BCUT2D eigenvalue weighted by atomic mass is 10.0. The van der Waals surface area contributed by atoms with E-state index >= 15 is 0 Å². The van der Waals surface area contributed by atoms with Crippen LogP contribution >= 0.6 is 0 Å². The number of nitriles is 1. The van der Waals surface area contributed by atoms with Gasteiger partial charge < -0.3 is 0 Å². The number of hydrogen-bond donors (Lipinski definition) is 0. The van der Waals surface area contributed by atoms with E-state index in [1.54, 1.807) is 30.4 Å². The smallest absolute Gasteiger partial charge is 0.131 e. The number of hydrogen-bond acceptors (Lipinski definition) is 1. The highest BCUT2D eigenvalue weighted by Gasteiger charge is 2.03. The maximum Gasteiger partial charge on any atom is 0.131 e. The molecule has 0 heterocycles. The van der Waals surface area contributed by atoms with E-state index in [1.165, 1.54) is 6.07 Å². The fraction of sp³-hybridized carbons (Fsp3) is 0.0714. The first kappa shape index (κ1) is 10.4. The van der Waals surface area contributed by atoms with Crippen LogP contribution in [0.15, 0.2) is 42.0 Å². The molecule has 0 aromatic heterocycles. The van der Waals surface area contributed by atoms with Gasteiger partial charge in [0.15, 0.2) is 0 Å². The van der Waals surface area contributed by atoms with Crippen molar-refractivity contribution in [3.63, 3.8) is 0 Å². The predicted molar refractivity (Wildman–Crippen MR) is 62.0 cm³/mol. The fourth-order valence-electron chi connectivity index (χ4n) is 1.65. The van der Waals surface area contributed by atoms with Crippen molar-refractivity contribution >= 4 is 12.2 Å². The third-order valence-corrected chi connectivity index (χ3v) is 2.51. The van der Waals surface area contributed by atoms with Crippen LogP contribution in [0.5, 0.6) is 0 Å². The van der Waals surface area contributed by atoms with Crippen molar-refractivity contribution in [3.05, 3.63) is 58.3 Å². The van der Waals surface area contributed by atoms with E-state index in [2.05, 4.69) is 12.6 Å². The number of allylic oxidation sites excluding steroid dienone is 4. The summed E-state index contributed by atoms with van der Waals surface area (Å²) >= 11 is 0. The first-order valence-corrected chi connectivity index (χ1v) is 4.97. The van der Waals surface area contributed by atoms with Crippen LogP contribution in [0.3, 0.4) is 0 Å². The van der Waals surface area contributed by atoms with Gasteiger partial charge >= 0.3 is 0 Å². The van der Waals surface area contributed by atoms with Crippen LogP contribution in [0.4, 0.5) is 4.39 Å². The third-order valence-electron chi connectivity index (χ3n) is 2.51. The van der Waals surface area contributed by atoms with Crippen molar-refractivity contribution in [2.75, 3.05) is 0 Å². The molecule has 0 saturated heterocycles. The molecule has 0 fully saturated rings. The van der Waals surface area contributed by atoms with Crippen molar-refractivity contribution in [2.45, 2.75) is 6.42 Å². The summed E-state index contributed by atoms with van der Waals surface area (Å²) in [5.41, 5.74) is 1.51. The molecule has 0 amide bonds. The van der Waals surface area contributed by atoms with Crippen molar-refractivity contribution < 1.29 is 4.39 Å². The van der Waals surface area contributed by atoms with Gasteiger partial charge in [0.25, 0.3) is 0 Å². The molecule has 0 unspecified atom stereocenters. The van der Waals surface area contributed by atoms with E-state index in [0.717, 1.165) is 5.57 Å². The molecule has 1 aromatic carbocycles. The Balaban J connectivity index is 2.54. The van der Waals surface area contributed by atoms with Crippen LogP contribution in [-0.2, 0) is 0 Å². The Kier molecular flexibility index (Phi) is 2.70. The quantitative estimate of drug-likeness (QED) is 0.642. The van der Waals surface area contributed by atoms with Gasteiger partial charge in [-0.15, -0.1) is 0 Å². The summed E-state index contributed by atoms with van der Waals surface area (Å²) in [6, 6.07) is 6.98. The molecule has 0 aliphatic heterocycles. The monoisotopic (exact) mass is 211 g/mol. The Morgan fingerprint density at radius 3 is 2.69 bits per heavy atom. The normalized spacial score (nSPS) is 17.9. The first-order valence-electron chi connectivity index (χ1n) is 4.97. The molecule has 1 aliphatic rings. The third kappa shape index (κ3) is 1.94. The summed E-state index contributed by atoms with van der Waals surface area (Å²) in [4.78, 5) is 0. The molecule has 0 atom stereocenters. The standard InChI is InChI=1S/C14H10FN/c1-10-2-7-13(14(15)8-10)12-5-3-11(9-16)4-6-12/h2-5,7-8H,1,6H2/b13-12+. The minimum atomic E-state index is -0.263. The Hall–Kier alpha value is -2.14. The maximum atomic E-state index is 13.6. The molecule has 0 N–H and O–H groups in total. The second-order valence-electron chi connectivity index (χ2n) is 3.65. The van der Waals surface area contributed by atoms with Gasteiger partial charge in [0.2, 0.25) is 0 Å². The average Bonchev–Trinajstić information content (AvgIpc) is 2.29. The molecule has 0 spiro atoms. The Morgan fingerprint density at radius 2 is 2.12 bits per heavy atom. The zero-order chi connectivity index (χ0) is 11.5. The van der Waals surface area contributed by atoms with Crippen molar-refractivity contribution in [1.29, 1.82) is 5.26 Å². The highest BCUT2D eigenvalue weighted by molar-refractivity contribution is 5.64. The van der Waals surface area contributed by atoms with E-state index in [4.69, 9.17) is 5.26 Å². The molecule has 2 rings (SSSR count). The molecule has 78 valence electrons. The topological polar surface area (TPSA) is 23.8 Å². The molecular formula is C14H10FN. The largest absolute Gasteiger partial charge is 0.206 e.